The number of aromatic nitrogens is 3. The maximum atomic E-state index is 13.7. The maximum Gasteiger partial charge on any atom is 0.433 e. The van der Waals surface area contributed by atoms with E-state index >= 15 is 0 Å². The lowest BCUT2D eigenvalue weighted by atomic mass is 9.84. The van der Waals surface area contributed by atoms with Crippen LogP contribution in [0.2, 0.25) is 0 Å². The molecule has 0 spiro atoms. The third-order valence-corrected chi connectivity index (χ3v) is 6.31. The Morgan fingerprint density at radius 1 is 1.16 bits per heavy atom. The predicted molar refractivity (Wildman–Crippen MR) is 116 cm³/mol. The Balaban J connectivity index is 1.86. The van der Waals surface area contributed by atoms with Gasteiger partial charge in [0.25, 0.3) is 0 Å². The fourth-order valence-electron chi connectivity index (χ4n) is 4.84. The number of halogens is 3. The molecule has 168 valence electrons. The van der Waals surface area contributed by atoms with Gasteiger partial charge in [-0.25, -0.2) is 4.98 Å². The van der Waals surface area contributed by atoms with Crippen molar-refractivity contribution < 1.29 is 17.9 Å². The Morgan fingerprint density at radius 2 is 1.88 bits per heavy atom. The highest BCUT2D eigenvalue weighted by Gasteiger charge is 2.37. The van der Waals surface area contributed by atoms with Gasteiger partial charge in [0.1, 0.15) is 5.69 Å². The van der Waals surface area contributed by atoms with E-state index in [1.165, 1.54) is 12.4 Å². The van der Waals surface area contributed by atoms with Crippen LogP contribution in [0.25, 0.3) is 22.2 Å². The number of benzene rings is 1. The zero-order chi connectivity index (χ0) is 22.5. The number of anilines is 2. The van der Waals surface area contributed by atoms with Crippen molar-refractivity contribution in [2.24, 2.45) is 0 Å². The van der Waals surface area contributed by atoms with Crippen LogP contribution in [0.5, 0.6) is 0 Å². The third kappa shape index (κ3) is 3.29. The molecule has 1 aliphatic carbocycles. The molecule has 0 amide bonds. The van der Waals surface area contributed by atoms with Gasteiger partial charge in [0.05, 0.1) is 41.9 Å². The number of ether oxygens (including phenoxy) is 1. The summed E-state index contributed by atoms with van der Waals surface area (Å²) in [5, 5.41) is 14.5. The summed E-state index contributed by atoms with van der Waals surface area (Å²) >= 11 is 0. The van der Waals surface area contributed by atoms with Crippen LogP contribution in [0.4, 0.5) is 24.5 Å². The lowest BCUT2D eigenvalue weighted by Gasteiger charge is -2.31. The number of aryl methyl sites for hydroxylation is 1. The topological polar surface area (TPSA) is 104 Å². The lowest BCUT2D eigenvalue weighted by molar-refractivity contribution is -0.140. The highest BCUT2D eigenvalue weighted by Crippen LogP contribution is 2.43. The molecule has 3 heterocycles. The molecule has 0 saturated carbocycles. The van der Waals surface area contributed by atoms with Gasteiger partial charge in [-0.3, -0.25) is 5.10 Å². The largest absolute Gasteiger partial charge is 0.433 e. The number of hydrogen-bond donors (Lipinski definition) is 3. The van der Waals surface area contributed by atoms with Gasteiger partial charge in [0.15, 0.2) is 0 Å². The summed E-state index contributed by atoms with van der Waals surface area (Å²) in [4.78, 5) is 6.93. The van der Waals surface area contributed by atoms with Crippen LogP contribution in [0.3, 0.4) is 0 Å². The number of morpholine rings is 1. The molecule has 1 aliphatic heterocycles. The van der Waals surface area contributed by atoms with Gasteiger partial charge in [-0.1, -0.05) is 0 Å². The number of pyridine rings is 1. The van der Waals surface area contributed by atoms with Crippen LogP contribution in [0.15, 0.2) is 12.3 Å². The summed E-state index contributed by atoms with van der Waals surface area (Å²) in [6.45, 7) is 2.36. The standard InChI is InChI=1S/C22H23F3N6O/c23-22(24,25)21-15(11-28-30-21)19-13-4-2-1-3-12(13)18-14(10-26)16(27)9-17(20(18)29-19)31-5-7-32-8-6-31/h9-11,26H,1-8,27H2,(H,28,30). The van der Waals surface area contributed by atoms with E-state index in [4.69, 9.17) is 20.9 Å². The van der Waals surface area contributed by atoms with E-state index in [1.807, 2.05) is 0 Å². The van der Waals surface area contributed by atoms with Gasteiger partial charge in [0, 0.05) is 35.9 Å². The molecule has 0 atom stereocenters. The molecule has 0 radical (unpaired) electrons. The molecular formula is C22H23F3N6O. The Labute approximate surface area is 182 Å². The van der Waals surface area contributed by atoms with E-state index in [1.54, 1.807) is 6.07 Å². The highest BCUT2D eigenvalue weighted by molar-refractivity contribution is 6.10. The molecule has 0 unspecified atom stereocenters. The van der Waals surface area contributed by atoms with Crippen molar-refractivity contribution in [1.29, 1.82) is 5.41 Å². The molecule has 10 heteroatoms. The monoisotopic (exact) mass is 444 g/mol. The number of rotatable bonds is 3. The van der Waals surface area contributed by atoms with Gasteiger partial charge < -0.3 is 20.8 Å². The van der Waals surface area contributed by atoms with Gasteiger partial charge >= 0.3 is 6.18 Å². The first kappa shape index (κ1) is 20.7. The molecule has 0 bridgehead atoms. The maximum absolute atomic E-state index is 13.7. The predicted octanol–water partition coefficient (Wildman–Crippen LogP) is 3.94. The van der Waals surface area contributed by atoms with E-state index < -0.39 is 11.9 Å². The molecule has 1 aromatic carbocycles. The number of nitrogen functional groups attached to an aromatic ring is 1. The second-order valence-corrected chi connectivity index (χ2v) is 8.15. The molecule has 1 fully saturated rings. The average Bonchev–Trinajstić information content (AvgIpc) is 3.29. The van der Waals surface area contributed by atoms with Crippen LogP contribution >= 0.6 is 0 Å². The van der Waals surface area contributed by atoms with E-state index in [2.05, 4.69) is 15.1 Å². The Kier molecular flexibility index (Phi) is 5.04. The quantitative estimate of drug-likeness (QED) is 0.419. The van der Waals surface area contributed by atoms with E-state index in [9.17, 15) is 13.2 Å². The second kappa shape index (κ2) is 7.77. The zero-order valence-electron chi connectivity index (χ0n) is 17.4. The van der Waals surface area contributed by atoms with Gasteiger partial charge in [0.2, 0.25) is 0 Å². The van der Waals surface area contributed by atoms with Crippen molar-refractivity contribution in [3.63, 3.8) is 0 Å². The minimum Gasteiger partial charge on any atom is -0.398 e. The molecular weight excluding hydrogens is 421 g/mol. The molecule has 3 aromatic rings. The van der Waals surface area contributed by atoms with Crippen molar-refractivity contribution in [3.05, 3.63) is 34.6 Å². The number of alkyl halides is 3. The van der Waals surface area contributed by atoms with E-state index in [-0.39, 0.29) is 5.56 Å². The molecule has 7 nitrogen and oxygen atoms in total. The van der Waals surface area contributed by atoms with Crippen LogP contribution in [0.1, 0.15) is 35.2 Å². The number of nitrogens with two attached hydrogens (primary N) is 1. The molecule has 4 N–H and O–H groups in total. The molecule has 2 aromatic heterocycles. The van der Waals surface area contributed by atoms with Gasteiger partial charge in [-0.05, 0) is 42.9 Å². The number of hydrogen-bond acceptors (Lipinski definition) is 6. The fourth-order valence-corrected chi connectivity index (χ4v) is 4.84. The molecule has 32 heavy (non-hydrogen) atoms. The van der Waals surface area contributed by atoms with E-state index in [0.717, 1.165) is 35.0 Å². The number of H-pyrrole nitrogens is 1. The summed E-state index contributed by atoms with van der Waals surface area (Å²) in [6.07, 6.45) is 0.957. The van der Waals surface area contributed by atoms with E-state index in [0.29, 0.717) is 61.6 Å². The Bertz CT molecular complexity index is 1200. The van der Waals surface area contributed by atoms with Crippen LogP contribution in [0, 0.1) is 5.41 Å². The number of fused-ring (bicyclic) bond motifs is 3. The normalized spacial score (nSPS) is 16.9. The van der Waals surface area contributed by atoms with Crippen LogP contribution in [-0.4, -0.2) is 47.7 Å². The first-order valence-electron chi connectivity index (χ1n) is 10.6. The van der Waals surface area contributed by atoms with Crippen LogP contribution in [-0.2, 0) is 23.8 Å². The molecule has 2 aliphatic rings. The van der Waals surface area contributed by atoms with Gasteiger partial charge in [-0.15, -0.1) is 0 Å². The first-order chi connectivity index (χ1) is 15.4. The smallest absolute Gasteiger partial charge is 0.398 e. The van der Waals surface area contributed by atoms with Crippen molar-refractivity contribution in [1.82, 2.24) is 15.2 Å². The minimum absolute atomic E-state index is 0.0429. The van der Waals surface area contributed by atoms with Crippen molar-refractivity contribution >= 4 is 28.5 Å². The SMILES string of the molecule is N=Cc1c(N)cc(N2CCOCC2)c2nc(-c3cn[nH]c3C(F)(F)F)c3c(c12)CCCC3. The third-order valence-electron chi connectivity index (χ3n) is 6.31. The number of nitrogens with zero attached hydrogens (tertiary/aromatic N) is 3. The molecule has 1 saturated heterocycles. The van der Waals surface area contributed by atoms with Gasteiger partial charge in [-0.2, -0.15) is 18.3 Å². The van der Waals surface area contributed by atoms with Crippen molar-refractivity contribution in [2.45, 2.75) is 31.9 Å². The minimum atomic E-state index is -4.57. The molecule has 5 rings (SSSR count). The number of aromatic amines is 1. The second-order valence-electron chi connectivity index (χ2n) is 8.15. The summed E-state index contributed by atoms with van der Waals surface area (Å²) in [5.74, 6) is 0. The average molecular weight is 444 g/mol. The zero-order valence-corrected chi connectivity index (χ0v) is 17.4. The summed E-state index contributed by atoms with van der Waals surface area (Å²) in [7, 11) is 0. The highest BCUT2D eigenvalue weighted by atomic mass is 19.4. The lowest BCUT2D eigenvalue weighted by Crippen LogP contribution is -2.36. The Morgan fingerprint density at radius 3 is 2.56 bits per heavy atom. The van der Waals surface area contributed by atoms with Crippen molar-refractivity contribution in [3.8, 4) is 11.3 Å². The number of nitrogens with one attached hydrogen (secondary N) is 2. The fraction of sp³-hybridized carbons (Fsp3) is 0.409. The van der Waals surface area contributed by atoms with Crippen molar-refractivity contribution in [2.75, 3.05) is 36.9 Å². The Hall–Kier alpha value is -3.14. The summed E-state index contributed by atoms with van der Waals surface area (Å²) < 4.78 is 46.5. The summed E-state index contributed by atoms with van der Waals surface area (Å²) in [5.41, 5.74) is 9.82. The summed E-state index contributed by atoms with van der Waals surface area (Å²) in [6, 6.07) is 1.78. The first-order valence-corrected chi connectivity index (χ1v) is 10.6. The van der Waals surface area contributed by atoms with Crippen LogP contribution < -0.4 is 10.6 Å².